The van der Waals surface area contributed by atoms with Crippen LogP contribution >= 0.6 is 0 Å². The molecule has 2 unspecified atom stereocenters. The molecule has 66 valence electrons. The maximum atomic E-state index is 9.50. The van der Waals surface area contributed by atoms with E-state index >= 15 is 0 Å². The van der Waals surface area contributed by atoms with Crippen LogP contribution in [0.15, 0.2) is 0 Å². The van der Waals surface area contributed by atoms with Crippen molar-refractivity contribution in [2.45, 2.75) is 44.7 Å². The predicted molar refractivity (Wildman–Crippen MR) is 41.4 cm³/mol. The molecule has 1 aliphatic heterocycles. The van der Waals surface area contributed by atoms with Gasteiger partial charge in [-0.3, -0.25) is 0 Å². The number of ether oxygens (including phenoxy) is 2. The van der Waals surface area contributed by atoms with E-state index in [-0.39, 0.29) is 24.4 Å². The van der Waals surface area contributed by atoms with Gasteiger partial charge in [-0.15, -0.1) is 0 Å². The van der Waals surface area contributed by atoms with Crippen molar-refractivity contribution in [1.29, 1.82) is 0 Å². The van der Waals surface area contributed by atoms with Crippen LogP contribution in [0.5, 0.6) is 0 Å². The zero-order chi connectivity index (χ0) is 8.43. The molecule has 1 rings (SSSR count). The Morgan fingerprint density at radius 3 is 2.55 bits per heavy atom. The Balaban J connectivity index is 2.52. The van der Waals surface area contributed by atoms with E-state index in [1.165, 1.54) is 0 Å². The first kappa shape index (κ1) is 8.97. The molecule has 0 bridgehead atoms. The van der Waals surface area contributed by atoms with Crippen molar-refractivity contribution in [2.75, 3.05) is 7.11 Å². The highest BCUT2D eigenvalue weighted by molar-refractivity contribution is 4.82. The molecule has 0 aliphatic carbocycles. The van der Waals surface area contributed by atoms with Gasteiger partial charge >= 0.3 is 0 Å². The summed E-state index contributed by atoms with van der Waals surface area (Å²) in [6, 6.07) is 0. The minimum absolute atomic E-state index is 0.00116. The van der Waals surface area contributed by atoms with Gasteiger partial charge in [-0.1, -0.05) is 0 Å². The summed E-state index contributed by atoms with van der Waals surface area (Å²) in [6.07, 6.45) is 0.276. The largest absolute Gasteiger partial charge is 0.390 e. The van der Waals surface area contributed by atoms with E-state index in [2.05, 4.69) is 0 Å². The summed E-state index contributed by atoms with van der Waals surface area (Å²) >= 11 is 0. The fourth-order valence-electron chi connectivity index (χ4n) is 1.64. The van der Waals surface area contributed by atoms with E-state index in [4.69, 9.17) is 9.47 Å². The second kappa shape index (κ2) is 3.52. The Bertz CT molecular complexity index is 115. The standard InChI is InChI=1S/C8H16O3/c1-5-4-7(9)8(10-3)6(2)11-5/h5-9H,4H2,1-3H3/t5-,6?,7?,8-/m0/s1. The lowest BCUT2D eigenvalue weighted by atomic mass is 9.99. The highest BCUT2D eigenvalue weighted by atomic mass is 16.6. The van der Waals surface area contributed by atoms with Crippen molar-refractivity contribution < 1.29 is 14.6 Å². The fourth-order valence-corrected chi connectivity index (χ4v) is 1.64. The minimum Gasteiger partial charge on any atom is -0.390 e. The number of aliphatic hydroxyl groups excluding tert-OH is 1. The van der Waals surface area contributed by atoms with Crippen LogP contribution in [0.2, 0.25) is 0 Å². The summed E-state index contributed by atoms with van der Waals surface area (Å²) in [5.74, 6) is 0. The van der Waals surface area contributed by atoms with Crippen LogP contribution in [-0.2, 0) is 9.47 Å². The Morgan fingerprint density at radius 2 is 2.09 bits per heavy atom. The van der Waals surface area contributed by atoms with E-state index in [1.807, 2.05) is 13.8 Å². The Hall–Kier alpha value is -0.120. The lowest BCUT2D eigenvalue weighted by Crippen LogP contribution is -2.46. The summed E-state index contributed by atoms with van der Waals surface area (Å²) in [7, 11) is 1.60. The molecule has 0 amide bonds. The molecule has 0 saturated carbocycles. The molecule has 11 heavy (non-hydrogen) atoms. The molecule has 0 radical (unpaired) electrons. The molecule has 3 nitrogen and oxygen atoms in total. The van der Waals surface area contributed by atoms with Gasteiger partial charge in [0.2, 0.25) is 0 Å². The molecule has 0 spiro atoms. The molecular weight excluding hydrogens is 144 g/mol. The summed E-state index contributed by atoms with van der Waals surface area (Å²) in [5.41, 5.74) is 0. The van der Waals surface area contributed by atoms with E-state index in [0.717, 1.165) is 0 Å². The van der Waals surface area contributed by atoms with Crippen LogP contribution in [0.4, 0.5) is 0 Å². The van der Waals surface area contributed by atoms with Crippen molar-refractivity contribution in [3.63, 3.8) is 0 Å². The van der Waals surface area contributed by atoms with Crippen LogP contribution in [0.1, 0.15) is 20.3 Å². The summed E-state index contributed by atoms with van der Waals surface area (Å²) in [5, 5.41) is 9.50. The highest BCUT2D eigenvalue weighted by Gasteiger charge is 2.33. The third-order valence-electron chi connectivity index (χ3n) is 2.13. The smallest absolute Gasteiger partial charge is 0.109 e. The van der Waals surface area contributed by atoms with Crippen LogP contribution in [0, 0.1) is 0 Å². The number of aliphatic hydroxyl groups is 1. The van der Waals surface area contributed by atoms with E-state index < -0.39 is 0 Å². The second-order valence-corrected chi connectivity index (χ2v) is 3.16. The molecule has 4 atom stereocenters. The average Bonchev–Trinajstić information content (AvgIpc) is 1.85. The molecule has 0 aromatic carbocycles. The fraction of sp³-hybridized carbons (Fsp3) is 1.00. The van der Waals surface area contributed by atoms with E-state index in [0.29, 0.717) is 6.42 Å². The van der Waals surface area contributed by atoms with Gasteiger partial charge in [-0.25, -0.2) is 0 Å². The SMILES string of the molecule is CO[C@@H]1C(O)C[C@H](C)OC1C. The summed E-state index contributed by atoms with van der Waals surface area (Å²) in [6.45, 7) is 3.89. The first-order valence-corrected chi connectivity index (χ1v) is 4.01. The van der Waals surface area contributed by atoms with E-state index in [1.54, 1.807) is 7.11 Å². The van der Waals surface area contributed by atoms with Crippen molar-refractivity contribution in [3.8, 4) is 0 Å². The first-order chi connectivity index (χ1) is 5.15. The number of rotatable bonds is 1. The topological polar surface area (TPSA) is 38.7 Å². The van der Waals surface area contributed by atoms with Crippen molar-refractivity contribution in [1.82, 2.24) is 0 Å². The molecule has 0 aromatic heterocycles. The van der Waals surface area contributed by atoms with Gasteiger partial charge in [0.05, 0.1) is 18.3 Å². The second-order valence-electron chi connectivity index (χ2n) is 3.16. The molecule has 1 fully saturated rings. The third kappa shape index (κ3) is 1.92. The maximum Gasteiger partial charge on any atom is 0.109 e. The Kier molecular flexibility index (Phi) is 2.87. The minimum atomic E-state index is -0.376. The predicted octanol–water partition coefficient (Wildman–Crippen LogP) is 0.560. The zero-order valence-electron chi connectivity index (χ0n) is 7.28. The van der Waals surface area contributed by atoms with E-state index in [9.17, 15) is 5.11 Å². The quantitative estimate of drug-likeness (QED) is 0.609. The van der Waals surface area contributed by atoms with Gasteiger partial charge in [-0.2, -0.15) is 0 Å². The van der Waals surface area contributed by atoms with Crippen molar-refractivity contribution in [3.05, 3.63) is 0 Å². The molecule has 1 N–H and O–H groups in total. The molecule has 3 heteroatoms. The molecule has 0 aromatic rings. The molecule has 1 heterocycles. The third-order valence-corrected chi connectivity index (χ3v) is 2.13. The lowest BCUT2D eigenvalue weighted by Gasteiger charge is -2.35. The normalized spacial score (nSPS) is 45.8. The summed E-state index contributed by atoms with van der Waals surface area (Å²) in [4.78, 5) is 0. The Morgan fingerprint density at radius 1 is 1.45 bits per heavy atom. The van der Waals surface area contributed by atoms with Crippen molar-refractivity contribution >= 4 is 0 Å². The van der Waals surface area contributed by atoms with Crippen LogP contribution in [0.25, 0.3) is 0 Å². The van der Waals surface area contributed by atoms with Crippen LogP contribution in [-0.4, -0.2) is 36.6 Å². The van der Waals surface area contributed by atoms with Gasteiger partial charge in [0.15, 0.2) is 0 Å². The van der Waals surface area contributed by atoms with Gasteiger partial charge in [-0.05, 0) is 13.8 Å². The monoisotopic (exact) mass is 160 g/mol. The first-order valence-electron chi connectivity index (χ1n) is 4.01. The van der Waals surface area contributed by atoms with Gasteiger partial charge in [0.1, 0.15) is 6.10 Å². The maximum absolute atomic E-state index is 9.50. The number of hydrogen-bond acceptors (Lipinski definition) is 3. The Labute approximate surface area is 67.3 Å². The van der Waals surface area contributed by atoms with Crippen molar-refractivity contribution in [2.24, 2.45) is 0 Å². The van der Waals surface area contributed by atoms with Gasteiger partial charge < -0.3 is 14.6 Å². The number of hydrogen-bond donors (Lipinski definition) is 1. The molecular formula is C8H16O3. The van der Waals surface area contributed by atoms with Gasteiger partial charge in [0.25, 0.3) is 0 Å². The summed E-state index contributed by atoms with van der Waals surface area (Å²) < 4.78 is 10.6. The molecule has 1 aliphatic rings. The molecule has 1 saturated heterocycles. The zero-order valence-corrected chi connectivity index (χ0v) is 7.28. The highest BCUT2D eigenvalue weighted by Crippen LogP contribution is 2.21. The van der Waals surface area contributed by atoms with Gasteiger partial charge in [0, 0.05) is 13.5 Å². The average molecular weight is 160 g/mol. The lowest BCUT2D eigenvalue weighted by molar-refractivity contribution is -0.167. The number of methoxy groups -OCH3 is 1. The van der Waals surface area contributed by atoms with Crippen LogP contribution in [0.3, 0.4) is 0 Å². The van der Waals surface area contributed by atoms with Crippen LogP contribution < -0.4 is 0 Å².